The highest BCUT2D eigenvalue weighted by Crippen LogP contribution is 2.42. The lowest BCUT2D eigenvalue weighted by atomic mass is 10.2. The monoisotopic (exact) mass is 386 g/mol. The van der Waals surface area contributed by atoms with Gasteiger partial charge in [0, 0.05) is 24.7 Å². The topological polar surface area (TPSA) is 108 Å². The van der Waals surface area contributed by atoms with Crippen LogP contribution in [0.25, 0.3) is 0 Å². The zero-order valence-corrected chi connectivity index (χ0v) is 14.1. The lowest BCUT2D eigenvalue weighted by Gasteiger charge is -2.08. The molecular formula is C15H17F3N6O3. The molecule has 146 valence electrons. The number of hydrogen-bond donors (Lipinski definition) is 1. The third kappa shape index (κ3) is 4.83. The Bertz CT molecular complexity index is 840. The summed E-state index contributed by atoms with van der Waals surface area (Å²) in [5.74, 6) is -0.273. The number of aryl methyl sites for hydroxylation is 1. The largest absolute Gasteiger partial charge is 0.435 e. The zero-order valence-electron chi connectivity index (χ0n) is 14.1. The molecule has 1 saturated carbocycles. The number of aromatic nitrogens is 4. The minimum Gasteiger partial charge on any atom is -0.354 e. The summed E-state index contributed by atoms with van der Waals surface area (Å²) >= 11 is 0. The average Bonchev–Trinajstić information content (AvgIpc) is 3.14. The molecule has 0 unspecified atom stereocenters. The van der Waals surface area contributed by atoms with Gasteiger partial charge in [-0.3, -0.25) is 24.3 Å². The Labute approximate surface area is 151 Å². The zero-order chi connectivity index (χ0) is 19.6. The molecule has 0 bridgehead atoms. The van der Waals surface area contributed by atoms with Crippen molar-refractivity contribution < 1.29 is 22.9 Å². The van der Waals surface area contributed by atoms with Crippen LogP contribution in [0.5, 0.6) is 0 Å². The van der Waals surface area contributed by atoms with Crippen LogP contribution in [0, 0.1) is 10.1 Å². The van der Waals surface area contributed by atoms with Crippen LogP contribution >= 0.6 is 0 Å². The van der Waals surface area contributed by atoms with Gasteiger partial charge >= 0.3 is 11.9 Å². The van der Waals surface area contributed by atoms with Crippen molar-refractivity contribution in [2.75, 3.05) is 6.54 Å². The molecule has 0 saturated heterocycles. The number of hydrogen-bond acceptors (Lipinski definition) is 5. The van der Waals surface area contributed by atoms with E-state index in [2.05, 4.69) is 15.5 Å². The standard InChI is InChI=1S/C15H17F3N6O3/c16-15(17,18)13-6-12(10-2-3-10)23(21-13)5-1-4-19-14(25)9-22-8-11(7-20-22)24(26)27/h6-8,10H,1-5,9H2,(H,19,25). The maximum absolute atomic E-state index is 12.8. The van der Waals surface area contributed by atoms with Gasteiger partial charge in [-0.25, -0.2) is 0 Å². The first kappa shape index (κ1) is 18.9. The van der Waals surface area contributed by atoms with Gasteiger partial charge in [0.05, 0.1) is 4.92 Å². The predicted molar refractivity (Wildman–Crippen MR) is 85.7 cm³/mol. The third-order valence-corrected chi connectivity index (χ3v) is 4.10. The average molecular weight is 386 g/mol. The van der Waals surface area contributed by atoms with Crippen molar-refractivity contribution in [2.24, 2.45) is 0 Å². The Hall–Kier alpha value is -2.92. The van der Waals surface area contributed by atoms with Crippen molar-refractivity contribution >= 4 is 11.6 Å². The number of nitrogens with zero attached hydrogens (tertiary/aromatic N) is 5. The Morgan fingerprint density at radius 2 is 2.15 bits per heavy atom. The van der Waals surface area contributed by atoms with E-state index < -0.39 is 22.7 Å². The summed E-state index contributed by atoms with van der Waals surface area (Å²) in [5.41, 5.74) is -0.527. The quantitative estimate of drug-likeness (QED) is 0.425. The lowest BCUT2D eigenvalue weighted by Crippen LogP contribution is -2.29. The second-order valence-electron chi connectivity index (χ2n) is 6.31. The molecule has 3 rings (SSSR count). The van der Waals surface area contributed by atoms with Gasteiger partial charge in [0.2, 0.25) is 5.91 Å². The molecule has 2 aromatic rings. The number of rotatable bonds is 8. The maximum atomic E-state index is 12.8. The van der Waals surface area contributed by atoms with E-state index in [4.69, 9.17) is 0 Å². The van der Waals surface area contributed by atoms with Gasteiger partial charge in [0.15, 0.2) is 5.69 Å². The predicted octanol–water partition coefficient (Wildman–Crippen LogP) is 2.09. The molecule has 1 fully saturated rings. The molecule has 12 heteroatoms. The first-order chi connectivity index (χ1) is 12.7. The molecule has 2 heterocycles. The van der Waals surface area contributed by atoms with E-state index in [0.717, 1.165) is 36.0 Å². The van der Waals surface area contributed by atoms with Gasteiger partial charge in [-0.05, 0) is 25.3 Å². The van der Waals surface area contributed by atoms with Crippen molar-refractivity contribution in [3.05, 3.63) is 40.0 Å². The van der Waals surface area contributed by atoms with Crippen LogP contribution < -0.4 is 5.32 Å². The summed E-state index contributed by atoms with van der Waals surface area (Å²) < 4.78 is 41.0. The smallest absolute Gasteiger partial charge is 0.354 e. The fourth-order valence-corrected chi connectivity index (χ4v) is 2.65. The molecule has 0 aromatic carbocycles. The molecule has 1 aliphatic rings. The first-order valence-electron chi connectivity index (χ1n) is 8.32. The van der Waals surface area contributed by atoms with E-state index in [9.17, 15) is 28.1 Å². The Kier molecular flexibility index (Phi) is 5.15. The molecule has 1 aliphatic carbocycles. The first-order valence-corrected chi connectivity index (χ1v) is 8.32. The summed E-state index contributed by atoms with van der Waals surface area (Å²) in [7, 11) is 0. The maximum Gasteiger partial charge on any atom is 0.435 e. The number of carbonyl (C=O) groups excluding carboxylic acids is 1. The van der Waals surface area contributed by atoms with Gasteiger partial charge < -0.3 is 5.32 Å². The number of halogens is 3. The van der Waals surface area contributed by atoms with Crippen LogP contribution in [0.2, 0.25) is 0 Å². The van der Waals surface area contributed by atoms with E-state index in [1.165, 1.54) is 4.68 Å². The molecule has 0 spiro atoms. The van der Waals surface area contributed by atoms with Crippen LogP contribution in [-0.4, -0.2) is 36.9 Å². The minimum absolute atomic E-state index is 0.124. The summed E-state index contributed by atoms with van der Waals surface area (Å²) in [5, 5.41) is 20.5. The number of alkyl halides is 3. The van der Waals surface area contributed by atoms with Gasteiger partial charge in [-0.2, -0.15) is 23.4 Å². The molecular weight excluding hydrogens is 369 g/mol. The van der Waals surface area contributed by atoms with Gasteiger partial charge in [-0.15, -0.1) is 0 Å². The van der Waals surface area contributed by atoms with Crippen molar-refractivity contribution in [1.29, 1.82) is 0 Å². The van der Waals surface area contributed by atoms with Crippen LogP contribution in [0.4, 0.5) is 18.9 Å². The van der Waals surface area contributed by atoms with Gasteiger partial charge in [0.25, 0.3) is 0 Å². The summed E-state index contributed by atoms with van der Waals surface area (Å²) in [6.07, 6.45) is -0.169. The van der Waals surface area contributed by atoms with Crippen molar-refractivity contribution in [3.8, 4) is 0 Å². The van der Waals surface area contributed by atoms with E-state index in [1.54, 1.807) is 0 Å². The van der Waals surface area contributed by atoms with E-state index in [1.807, 2.05) is 0 Å². The van der Waals surface area contributed by atoms with Gasteiger partial charge in [-0.1, -0.05) is 0 Å². The number of carbonyl (C=O) groups is 1. The van der Waals surface area contributed by atoms with Crippen molar-refractivity contribution in [2.45, 2.75) is 44.4 Å². The van der Waals surface area contributed by atoms with Crippen molar-refractivity contribution in [3.63, 3.8) is 0 Å². The Morgan fingerprint density at radius 3 is 2.74 bits per heavy atom. The molecule has 1 amide bonds. The molecule has 9 nitrogen and oxygen atoms in total. The van der Waals surface area contributed by atoms with E-state index in [0.29, 0.717) is 12.1 Å². The molecule has 0 radical (unpaired) electrons. The third-order valence-electron chi connectivity index (χ3n) is 4.10. The lowest BCUT2D eigenvalue weighted by molar-refractivity contribution is -0.385. The van der Waals surface area contributed by atoms with Crippen LogP contribution in [0.15, 0.2) is 18.5 Å². The number of amides is 1. The minimum atomic E-state index is -4.48. The highest BCUT2D eigenvalue weighted by Gasteiger charge is 2.37. The SMILES string of the molecule is O=C(Cn1cc([N+](=O)[O-])cn1)NCCCn1nc(C(F)(F)F)cc1C1CC1. The molecule has 0 atom stereocenters. The second kappa shape index (κ2) is 7.37. The Balaban J connectivity index is 1.47. The molecule has 27 heavy (non-hydrogen) atoms. The van der Waals surface area contributed by atoms with Crippen molar-refractivity contribution in [1.82, 2.24) is 24.9 Å². The summed E-state index contributed by atoms with van der Waals surface area (Å²) in [4.78, 5) is 21.8. The van der Waals surface area contributed by atoms with Crippen LogP contribution in [-0.2, 0) is 24.1 Å². The molecule has 1 N–H and O–H groups in total. The normalized spacial score (nSPS) is 14.3. The number of nitrogens with one attached hydrogen (secondary N) is 1. The molecule has 0 aliphatic heterocycles. The highest BCUT2D eigenvalue weighted by atomic mass is 19.4. The fraction of sp³-hybridized carbons (Fsp3) is 0.533. The van der Waals surface area contributed by atoms with Gasteiger partial charge in [0.1, 0.15) is 18.9 Å². The highest BCUT2D eigenvalue weighted by molar-refractivity contribution is 5.75. The van der Waals surface area contributed by atoms with Crippen LogP contribution in [0.3, 0.4) is 0 Å². The fourth-order valence-electron chi connectivity index (χ4n) is 2.65. The van der Waals surface area contributed by atoms with E-state index >= 15 is 0 Å². The van der Waals surface area contributed by atoms with E-state index in [-0.39, 0.29) is 31.2 Å². The summed E-state index contributed by atoms with van der Waals surface area (Å²) in [6.45, 7) is 0.324. The number of nitro groups is 1. The molecule has 2 aromatic heterocycles. The Morgan fingerprint density at radius 1 is 1.41 bits per heavy atom. The second-order valence-corrected chi connectivity index (χ2v) is 6.31. The summed E-state index contributed by atoms with van der Waals surface area (Å²) in [6, 6.07) is 1.10. The van der Waals surface area contributed by atoms with Crippen LogP contribution in [0.1, 0.15) is 36.6 Å².